The van der Waals surface area contributed by atoms with E-state index in [4.69, 9.17) is 0 Å². The summed E-state index contributed by atoms with van der Waals surface area (Å²) < 4.78 is 0. The fraction of sp³-hybridized carbons (Fsp3) is 0.375. The molecule has 0 aromatic heterocycles. The van der Waals surface area contributed by atoms with Gasteiger partial charge in [-0.1, -0.05) is 20.3 Å². The largest absolute Gasteiger partial charge is 0.211 e. The first-order valence-corrected chi connectivity index (χ1v) is 3.05. The van der Waals surface area contributed by atoms with Crippen molar-refractivity contribution in [2.45, 2.75) is 20.3 Å². The predicted octanol–water partition coefficient (Wildman–Crippen LogP) is 2.28. The summed E-state index contributed by atoms with van der Waals surface area (Å²) in [6.07, 6.45) is 1.17. The summed E-state index contributed by atoms with van der Waals surface area (Å²) in [6, 6.07) is 6.43. The second-order valence-corrected chi connectivity index (χ2v) is 2.09. The van der Waals surface area contributed by atoms with Crippen molar-refractivity contribution < 1.29 is 0 Å². The van der Waals surface area contributed by atoms with Crippen LogP contribution in [0.25, 0.3) is 0 Å². The molecular weight excluding hydrogens is 96.1 g/mol. The summed E-state index contributed by atoms with van der Waals surface area (Å²) in [5.74, 6) is 0. The lowest BCUT2D eigenvalue weighted by molar-refractivity contribution is 1.13. The number of rotatable bonds is 1. The highest BCUT2D eigenvalue weighted by Crippen LogP contribution is 2.07. The van der Waals surface area contributed by atoms with Crippen LogP contribution in [0.3, 0.4) is 0 Å². The first-order chi connectivity index (χ1) is 3.84. The Kier molecular flexibility index (Phi) is 1.43. The average molecular weight is 107 g/mol. The third kappa shape index (κ3) is 0.786. The molecule has 8 heavy (non-hydrogen) atoms. The fourth-order valence-corrected chi connectivity index (χ4v) is 0.944. The van der Waals surface area contributed by atoms with Gasteiger partial charge >= 0.3 is 0 Å². The summed E-state index contributed by atoms with van der Waals surface area (Å²) in [6.45, 7) is 4.33. The molecule has 0 bridgehead atoms. The van der Waals surface area contributed by atoms with Crippen LogP contribution in [0.4, 0.5) is 0 Å². The maximum absolute atomic E-state index is 2.18. The Hall–Kier alpha value is -0.650. The van der Waals surface area contributed by atoms with Crippen molar-refractivity contribution in [1.82, 2.24) is 0 Å². The minimum absolute atomic E-state index is 1.17. The van der Waals surface area contributed by atoms with Crippen LogP contribution in [-0.2, 0) is 6.42 Å². The van der Waals surface area contributed by atoms with Crippen molar-refractivity contribution in [3.8, 4) is 0 Å². The van der Waals surface area contributed by atoms with Crippen molar-refractivity contribution in [2.75, 3.05) is 0 Å². The Morgan fingerprint density at radius 2 is 2.38 bits per heavy atom. The smallest absolute Gasteiger partial charge is 0.0540 e. The zero-order valence-electron chi connectivity index (χ0n) is 5.44. The van der Waals surface area contributed by atoms with Gasteiger partial charge in [0.2, 0.25) is 0 Å². The highest BCUT2D eigenvalue weighted by Gasteiger charge is 1.80. The van der Waals surface area contributed by atoms with E-state index in [0.29, 0.717) is 0 Å². The van der Waals surface area contributed by atoms with Gasteiger partial charge in [0.1, 0.15) is 0 Å². The Morgan fingerprint density at radius 1 is 1.62 bits per heavy atom. The molecule has 0 amide bonds. The van der Waals surface area contributed by atoms with Crippen LogP contribution in [0.2, 0.25) is 0 Å². The molecular formula is C8H11-. The molecule has 44 valence electrons. The van der Waals surface area contributed by atoms with Crippen molar-refractivity contribution in [2.24, 2.45) is 0 Å². The van der Waals surface area contributed by atoms with Gasteiger partial charge in [-0.2, -0.15) is 23.3 Å². The minimum atomic E-state index is 1.17. The molecule has 0 nitrogen and oxygen atoms in total. The first kappa shape index (κ1) is 5.49. The summed E-state index contributed by atoms with van der Waals surface area (Å²) in [5, 5.41) is 0. The minimum Gasteiger partial charge on any atom is -0.211 e. The molecule has 0 aliphatic carbocycles. The Balaban J connectivity index is 2.92. The van der Waals surface area contributed by atoms with Gasteiger partial charge < -0.3 is 0 Å². The molecule has 0 saturated carbocycles. The standard InChI is InChI=1S/C8H11/c1-3-8-6-4-5-7(8)2/h4-6H,3H2,1-2H3/q-1. The summed E-state index contributed by atoms with van der Waals surface area (Å²) in [4.78, 5) is 0. The van der Waals surface area contributed by atoms with Crippen LogP contribution in [-0.4, -0.2) is 0 Å². The van der Waals surface area contributed by atoms with Crippen molar-refractivity contribution in [3.05, 3.63) is 29.3 Å². The normalized spacial score (nSPS) is 9.75. The lowest BCUT2D eigenvalue weighted by atomic mass is 10.2. The third-order valence-corrected chi connectivity index (χ3v) is 1.53. The van der Waals surface area contributed by atoms with Gasteiger partial charge in [0.15, 0.2) is 0 Å². The Morgan fingerprint density at radius 3 is 2.62 bits per heavy atom. The molecule has 1 rings (SSSR count). The van der Waals surface area contributed by atoms with E-state index in [2.05, 4.69) is 32.0 Å². The van der Waals surface area contributed by atoms with Crippen molar-refractivity contribution in [1.29, 1.82) is 0 Å². The highest BCUT2D eigenvalue weighted by molar-refractivity contribution is 5.26. The molecule has 1 aromatic carbocycles. The van der Waals surface area contributed by atoms with Crippen molar-refractivity contribution >= 4 is 0 Å². The quantitative estimate of drug-likeness (QED) is 0.483. The van der Waals surface area contributed by atoms with Crippen LogP contribution in [0.5, 0.6) is 0 Å². The lowest BCUT2D eigenvalue weighted by Crippen LogP contribution is -1.75. The fourth-order valence-electron chi connectivity index (χ4n) is 0.944. The van der Waals surface area contributed by atoms with Crippen LogP contribution in [0.1, 0.15) is 18.1 Å². The molecule has 0 unspecified atom stereocenters. The molecule has 0 atom stereocenters. The summed E-state index contributed by atoms with van der Waals surface area (Å²) in [7, 11) is 0. The highest BCUT2D eigenvalue weighted by atomic mass is 14.0. The van der Waals surface area contributed by atoms with Gasteiger partial charge in [-0.05, 0) is 0 Å². The second kappa shape index (κ2) is 2.08. The van der Waals surface area contributed by atoms with Gasteiger partial charge in [0.05, 0.1) is 0 Å². The van der Waals surface area contributed by atoms with E-state index in [9.17, 15) is 0 Å². The molecule has 0 heteroatoms. The van der Waals surface area contributed by atoms with E-state index in [0.717, 1.165) is 0 Å². The maximum atomic E-state index is 2.18. The molecule has 1 aromatic rings. The van der Waals surface area contributed by atoms with E-state index in [1.165, 1.54) is 17.5 Å². The van der Waals surface area contributed by atoms with Gasteiger partial charge in [-0.15, -0.1) is 0 Å². The van der Waals surface area contributed by atoms with Gasteiger partial charge in [0.25, 0.3) is 0 Å². The second-order valence-electron chi connectivity index (χ2n) is 2.09. The van der Waals surface area contributed by atoms with Crippen LogP contribution in [0, 0.1) is 6.92 Å². The van der Waals surface area contributed by atoms with E-state index < -0.39 is 0 Å². The lowest BCUT2D eigenvalue weighted by Gasteiger charge is -1.99. The van der Waals surface area contributed by atoms with E-state index in [1.54, 1.807) is 0 Å². The predicted molar refractivity (Wildman–Crippen MR) is 36.1 cm³/mol. The van der Waals surface area contributed by atoms with E-state index in [-0.39, 0.29) is 0 Å². The zero-order chi connectivity index (χ0) is 5.98. The summed E-state index contributed by atoms with van der Waals surface area (Å²) in [5.41, 5.74) is 2.90. The first-order valence-electron chi connectivity index (χ1n) is 3.05. The third-order valence-electron chi connectivity index (χ3n) is 1.53. The zero-order valence-corrected chi connectivity index (χ0v) is 5.44. The van der Waals surface area contributed by atoms with Crippen LogP contribution in [0.15, 0.2) is 18.2 Å². The average Bonchev–Trinajstić information content (AvgIpc) is 2.14. The van der Waals surface area contributed by atoms with Gasteiger partial charge in [0, 0.05) is 0 Å². The van der Waals surface area contributed by atoms with Gasteiger partial charge in [-0.3, -0.25) is 0 Å². The molecule has 0 N–H and O–H groups in total. The Labute approximate surface area is 50.5 Å². The van der Waals surface area contributed by atoms with Crippen molar-refractivity contribution in [3.63, 3.8) is 0 Å². The number of aryl methyl sites for hydroxylation is 2. The molecule has 0 heterocycles. The topological polar surface area (TPSA) is 0 Å². The molecule has 0 saturated heterocycles. The SMILES string of the molecule is CCc1[cH-]ccc1C. The monoisotopic (exact) mass is 107 g/mol. The molecule has 0 aliphatic heterocycles. The molecule has 0 spiro atoms. The van der Waals surface area contributed by atoms with E-state index in [1.807, 2.05) is 0 Å². The molecule has 0 fully saturated rings. The number of hydrogen-bond acceptors (Lipinski definition) is 0. The van der Waals surface area contributed by atoms with E-state index >= 15 is 0 Å². The molecule has 0 radical (unpaired) electrons. The number of hydrogen-bond donors (Lipinski definition) is 0. The Bertz CT molecular complexity index is 160. The van der Waals surface area contributed by atoms with Crippen LogP contribution >= 0.6 is 0 Å². The molecule has 0 aliphatic rings. The van der Waals surface area contributed by atoms with Crippen LogP contribution < -0.4 is 0 Å². The summed E-state index contributed by atoms with van der Waals surface area (Å²) >= 11 is 0. The maximum Gasteiger partial charge on any atom is -0.0540 e. The van der Waals surface area contributed by atoms with Gasteiger partial charge in [-0.25, -0.2) is 6.07 Å².